The number of ether oxygens (including phenoxy) is 1. The van der Waals surface area contributed by atoms with Gasteiger partial charge in [0.2, 0.25) is 0 Å². The van der Waals surface area contributed by atoms with Crippen LogP contribution in [0.25, 0.3) is 0 Å². The summed E-state index contributed by atoms with van der Waals surface area (Å²) in [7, 11) is 0. The third kappa shape index (κ3) is 4.73. The molecule has 2 rings (SSSR count). The normalized spacial score (nSPS) is 33.5. The molecule has 3 nitrogen and oxygen atoms in total. The molecule has 19 heavy (non-hydrogen) atoms. The molecule has 2 unspecified atom stereocenters. The molecule has 2 heterocycles. The van der Waals surface area contributed by atoms with E-state index in [1.165, 1.54) is 51.7 Å². The maximum atomic E-state index is 5.72. The van der Waals surface area contributed by atoms with Crippen molar-refractivity contribution in [2.45, 2.75) is 46.0 Å². The lowest BCUT2D eigenvalue weighted by molar-refractivity contribution is 0.109. The highest BCUT2D eigenvalue weighted by Crippen LogP contribution is 2.30. The Balaban J connectivity index is 1.84. The van der Waals surface area contributed by atoms with Gasteiger partial charge in [-0.15, -0.1) is 0 Å². The van der Waals surface area contributed by atoms with Gasteiger partial charge in [-0.3, -0.25) is 0 Å². The van der Waals surface area contributed by atoms with Crippen LogP contribution < -0.4 is 5.32 Å². The topological polar surface area (TPSA) is 24.5 Å². The molecule has 0 aromatic rings. The molecule has 3 heteroatoms. The average Bonchev–Trinajstić information content (AvgIpc) is 2.75. The summed E-state index contributed by atoms with van der Waals surface area (Å²) in [5.74, 6) is 0.916. The Bertz CT molecular complexity index is 251. The first-order valence-corrected chi connectivity index (χ1v) is 8.25. The van der Waals surface area contributed by atoms with Crippen LogP contribution in [0.1, 0.15) is 46.0 Å². The summed E-state index contributed by atoms with van der Waals surface area (Å²) in [5, 5.41) is 3.63. The fourth-order valence-electron chi connectivity index (χ4n) is 3.45. The molecule has 2 fully saturated rings. The minimum absolute atomic E-state index is 0.378. The summed E-state index contributed by atoms with van der Waals surface area (Å²) in [6.07, 6.45) is 6.61. The number of hydrogen-bond donors (Lipinski definition) is 1. The van der Waals surface area contributed by atoms with Crippen molar-refractivity contribution in [2.24, 2.45) is 11.3 Å². The van der Waals surface area contributed by atoms with Gasteiger partial charge in [0.15, 0.2) is 0 Å². The Hall–Kier alpha value is -0.120. The Labute approximate surface area is 119 Å². The molecule has 2 aliphatic rings. The second-order valence-electron chi connectivity index (χ2n) is 6.79. The van der Waals surface area contributed by atoms with E-state index in [0.29, 0.717) is 5.41 Å². The van der Waals surface area contributed by atoms with Crippen molar-refractivity contribution in [3.05, 3.63) is 0 Å². The van der Waals surface area contributed by atoms with Crippen molar-refractivity contribution in [3.63, 3.8) is 0 Å². The van der Waals surface area contributed by atoms with Crippen LogP contribution in [0.3, 0.4) is 0 Å². The zero-order valence-electron chi connectivity index (χ0n) is 12.9. The summed E-state index contributed by atoms with van der Waals surface area (Å²) >= 11 is 0. The highest BCUT2D eigenvalue weighted by Gasteiger charge is 2.36. The summed E-state index contributed by atoms with van der Waals surface area (Å²) < 4.78 is 5.72. The maximum Gasteiger partial charge on any atom is 0.0547 e. The summed E-state index contributed by atoms with van der Waals surface area (Å²) in [6, 6.07) is 0. The molecule has 2 aliphatic heterocycles. The monoisotopic (exact) mass is 268 g/mol. The van der Waals surface area contributed by atoms with Gasteiger partial charge in [0.05, 0.1) is 6.61 Å². The zero-order valence-corrected chi connectivity index (χ0v) is 12.9. The molecule has 0 aliphatic carbocycles. The molecule has 0 amide bonds. The van der Waals surface area contributed by atoms with E-state index in [9.17, 15) is 0 Å². The van der Waals surface area contributed by atoms with Crippen LogP contribution in [0.5, 0.6) is 0 Å². The number of rotatable bonds is 6. The van der Waals surface area contributed by atoms with Gasteiger partial charge in [-0.1, -0.05) is 13.8 Å². The molecule has 0 spiro atoms. The molecule has 2 saturated heterocycles. The standard InChI is InChI=1S/C16H32N2O/c1-3-8-17-12-16(7-11-19-14-16)13-18-9-4-5-15(2)6-10-18/h15,17H,3-14H2,1-2H3. The first-order chi connectivity index (χ1) is 9.24. The summed E-state index contributed by atoms with van der Waals surface area (Å²) in [6.45, 7) is 12.6. The van der Waals surface area contributed by atoms with E-state index < -0.39 is 0 Å². The summed E-state index contributed by atoms with van der Waals surface area (Å²) in [4.78, 5) is 2.70. The Morgan fingerprint density at radius 3 is 2.95 bits per heavy atom. The number of hydrogen-bond acceptors (Lipinski definition) is 3. The van der Waals surface area contributed by atoms with E-state index in [1.54, 1.807) is 0 Å². The van der Waals surface area contributed by atoms with Crippen LogP contribution >= 0.6 is 0 Å². The second-order valence-corrected chi connectivity index (χ2v) is 6.79. The van der Waals surface area contributed by atoms with E-state index in [2.05, 4.69) is 24.1 Å². The number of nitrogens with zero attached hydrogens (tertiary/aromatic N) is 1. The molecule has 112 valence electrons. The Morgan fingerprint density at radius 1 is 1.32 bits per heavy atom. The van der Waals surface area contributed by atoms with E-state index in [4.69, 9.17) is 4.74 Å². The van der Waals surface area contributed by atoms with Crippen molar-refractivity contribution in [1.82, 2.24) is 10.2 Å². The van der Waals surface area contributed by atoms with Crippen molar-refractivity contribution in [3.8, 4) is 0 Å². The van der Waals surface area contributed by atoms with Gasteiger partial charge in [0.1, 0.15) is 0 Å². The molecule has 2 atom stereocenters. The molecule has 0 aromatic carbocycles. The van der Waals surface area contributed by atoms with Gasteiger partial charge in [0.25, 0.3) is 0 Å². The Morgan fingerprint density at radius 2 is 2.21 bits per heavy atom. The average molecular weight is 268 g/mol. The van der Waals surface area contributed by atoms with Gasteiger partial charge >= 0.3 is 0 Å². The molecule has 1 N–H and O–H groups in total. The largest absolute Gasteiger partial charge is 0.381 e. The smallest absolute Gasteiger partial charge is 0.0547 e. The third-order valence-electron chi connectivity index (χ3n) is 4.78. The van der Waals surface area contributed by atoms with Crippen molar-refractivity contribution >= 4 is 0 Å². The lowest BCUT2D eigenvalue weighted by Crippen LogP contribution is -2.45. The minimum Gasteiger partial charge on any atom is -0.381 e. The predicted molar refractivity (Wildman–Crippen MR) is 80.5 cm³/mol. The minimum atomic E-state index is 0.378. The first kappa shape index (κ1) is 15.3. The lowest BCUT2D eigenvalue weighted by Gasteiger charge is -2.34. The number of nitrogens with one attached hydrogen (secondary N) is 1. The van der Waals surface area contributed by atoms with Gasteiger partial charge < -0.3 is 15.0 Å². The molecular weight excluding hydrogens is 236 g/mol. The molecule has 0 radical (unpaired) electrons. The van der Waals surface area contributed by atoms with Crippen molar-refractivity contribution < 1.29 is 4.74 Å². The van der Waals surface area contributed by atoms with E-state index in [0.717, 1.165) is 32.2 Å². The molecule has 0 saturated carbocycles. The van der Waals surface area contributed by atoms with Crippen LogP contribution in [-0.2, 0) is 4.74 Å². The van der Waals surface area contributed by atoms with Crippen molar-refractivity contribution in [1.29, 1.82) is 0 Å². The fourth-order valence-corrected chi connectivity index (χ4v) is 3.45. The first-order valence-electron chi connectivity index (χ1n) is 8.25. The van der Waals surface area contributed by atoms with Gasteiger partial charge in [-0.25, -0.2) is 0 Å². The second kappa shape index (κ2) is 7.61. The molecule has 0 aromatic heterocycles. The van der Waals surface area contributed by atoms with Gasteiger partial charge in [-0.2, -0.15) is 0 Å². The van der Waals surface area contributed by atoms with Crippen LogP contribution in [0.15, 0.2) is 0 Å². The van der Waals surface area contributed by atoms with Crippen molar-refractivity contribution in [2.75, 3.05) is 45.9 Å². The van der Waals surface area contributed by atoms with Crippen LogP contribution in [0.2, 0.25) is 0 Å². The number of likely N-dealkylation sites (tertiary alicyclic amines) is 1. The van der Waals surface area contributed by atoms with E-state index >= 15 is 0 Å². The van der Waals surface area contributed by atoms with E-state index in [-0.39, 0.29) is 0 Å². The third-order valence-corrected chi connectivity index (χ3v) is 4.78. The predicted octanol–water partition coefficient (Wildman–Crippen LogP) is 2.51. The Kier molecular flexibility index (Phi) is 6.11. The zero-order chi connectivity index (χ0) is 13.6. The van der Waals surface area contributed by atoms with Crippen LogP contribution in [0, 0.1) is 11.3 Å². The lowest BCUT2D eigenvalue weighted by atomic mass is 9.86. The van der Waals surface area contributed by atoms with Gasteiger partial charge in [-0.05, 0) is 57.7 Å². The van der Waals surface area contributed by atoms with Crippen LogP contribution in [0.4, 0.5) is 0 Å². The highest BCUT2D eigenvalue weighted by atomic mass is 16.5. The quantitative estimate of drug-likeness (QED) is 0.749. The molecular formula is C16H32N2O. The fraction of sp³-hybridized carbons (Fsp3) is 1.00. The summed E-state index contributed by atoms with van der Waals surface area (Å²) in [5.41, 5.74) is 0.378. The maximum absolute atomic E-state index is 5.72. The molecule has 0 bridgehead atoms. The van der Waals surface area contributed by atoms with Gasteiger partial charge in [0, 0.05) is 25.1 Å². The highest BCUT2D eigenvalue weighted by molar-refractivity contribution is 4.89. The SMILES string of the molecule is CCCNCC1(CN2CCCC(C)CC2)CCOC1. The van der Waals surface area contributed by atoms with E-state index in [1.807, 2.05) is 0 Å². The van der Waals surface area contributed by atoms with Crippen LogP contribution in [-0.4, -0.2) is 50.8 Å².